The van der Waals surface area contributed by atoms with E-state index in [0.717, 1.165) is 11.8 Å². The molecule has 0 fully saturated rings. The summed E-state index contributed by atoms with van der Waals surface area (Å²) >= 11 is 0. The highest BCUT2D eigenvalue weighted by molar-refractivity contribution is 7.86. The Labute approximate surface area is 187 Å². The van der Waals surface area contributed by atoms with Gasteiger partial charge in [-0.05, 0) is 29.8 Å². The van der Waals surface area contributed by atoms with Crippen LogP contribution in [0.25, 0.3) is 0 Å². The molecular weight excluding hydrogens is 442 g/mol. The zero-order valence-electron chi connectivity index (χ0n) is 16.7. The molecule has 1 heterocycles. The van der Waals surface area contributed by atoms with E-state index in [1.807, 2.05) is 30.3 Å². The van der Waals surface area contributed by atoms with Gasteiger partial charge in [0.15, 0.2) is 0 Å². The minimum atomic E-state index is -3.69. The summed E-state index contributed by atoms with van der Waals surface area (Å²) in [5, 5.41) is 7.87. The van der Waals surface area contributed by atoms with Crippen LogP contribution in [-0.2, 0) is 32.2 Å². The molecule has 0 saturated heterocycles. The maximum absolute atomic E-state index is 12.2. The Bertz CT molecular complexity index is 1040. The molecule has 11 heteroatoms. The number of carbonyl (C=O) groups is 1. The van der Waals surface area contributed by atoms with Crippen molar-refractivity contribution < 1.29 is 26.9 Å². The van der Waals surface area contributed by atoms with Crippen molar-refractivity contribution in [2.45, 2.75) is 19.3 Å². The molecule has 0 aliphatic carbocycles. The second kappa shape index (κ2) is 11.5. The molecule has 1 aromatic heterocycles. The number of carbonyl (C=O) groups excluding carboxylic acids is 1. The minimum Gasteiger partial charge on any atom is -0.491 e. The van der Waals surface area contributed by atoms with Gasteiger partial charge in [0.25, 0.3) is 10.1 Å². The van der Waals surface area contributed by atoms with Crippen molar-refractivity contribution in [3.05, 3.63) is 78.1 Å². The Balaban J connectivity index is 0.00000341. The lowest BCUT2D eigenvalue weighted by atomic mass is 10.2. The van der Waals surface area contributed by atoms with Crippen LogP contribution in [0.3, 0.4) is 0 Å². The van der Waals surface area contributed by atoms with Gasteiger partial charge in [-0.2, -0.15) is 36.9 Å². The van der Waals surface area contributed by atoms with E-state index in [-0.39, 0.29) is 33.3 Å². The van der Waals surface area contributed by atoms with Crippen LogP contribution in [0.5, 0.6) is 5.75 Å². The number of hydrogen-bond acceptors (Lipinski definition) is 8. The van der Waals surface area contributed by atoms with Gasteiger partial charge < -0.3 is 9.47 Å². The topological polar surface area (TPSA) is 110 Å². The van der Waals surface area contributed by atoms with Crippen LogP contribution in [0.1, 0.15) is 15.9 Å². The van der Waals surface area contributed by atoms with Crippen molar-refractivity contribution in [3.63, 3.8) is 0 Å². The molecule has 0 bridgehead atoms. The van der Waals surface area contributed by atoms with Crippen LogP contribution in [0.15, 0.2) is 67.0 Å². The van der Waals surface area contributed by atoms with E-state index >= 15 is 0 Å². The van der Waals surface area contributed by atoms with Gasteiger partial charge in [0.1, 0.15) is 25.1 Å². The molecule has 1 unspecified atom stereocenters. The van der Waals surface area contributed by atoms with Gasteiger partial charge in [-0.3, -0.25) is 4.18 Å². The first-order valence-electron chi connectivity index (χ1n) is 9.05. The highest BCUT2D eigenvalue weighted by atomic mass is 32.2. The highest BCUT2D eigenvalue weighted by Crippen LogP contribution is 2.15. The molecule has 166 valence electrons. The molecule has 2 aromatic carbocycles. The fourth-order valence-electron chi connectivity index (χ4n) is 2.56. The monoisotopic (exact) mass is 465 g/mol. The zero-order valence-corrected chi connectivity index (χ0v) is 18.6. The molecule has 9 nitrogen and oxygen atoms in total. The highest BCUT2D eigenvalue weighted by Gasteiger charge is 2.18. The van der Waals surface area contributed by atoms with E-state index in [0.29, 0.717) is 11.3 Å². The van der Waals surface area contributed by atoms with E-state index in [2.05, 4.69) is 10.2 Å². The lowest BCUT2D eigenvalue weighted by Crippen LogP contribution is -2.30. The van der Waals surface area contributed by atoms with Gasteiger partial charge in [0.05, 0.1) is 30.8 Å². The standard InChI is InChI=1S/C20H21N3O6S.H2S/c1-30(25,26)29-19(13-23-21-11-12-22-23)15-27-18-9-7-17(8-10-18)20(24)28-14-16-5-3-2-4-6-16;/h2-12,19H,13-15H2,1H3;1H2. The second-order valence-corrected chi connectivity index (χ2v) is 8.00. The Hall–Kier alpha value is -2.89. The molecule has 1 atom stereocenters. The van der Waals surface area contributed by atoms with Crippen LogP contribution >= 0.6 is 13.5 Å². The average Bonchev–Trinajstić information content (AvgIpc) is 3.23. The Morgan fingerprint density at radius 2 is 1.68 bits per heavy atom. The summed E-state index contributed by atoms with van der Waals surface area (Å²) in [4.78, 5) is 13.5. The summed E-state index contributed by atoms with van der Waals surface area (Å²) < 4.78 is 38.9. The van der Waals surface area contributed by atoms with Gasteiger partial charge in [-0.25, -0.2) is 4.79 Å². The van der Waals surface area contributed by atoms with Crippen molar-refractivity contribution in [2.75, 3.05) is 12.9 Å². The van der Waals surface area contributed by atoms with E-state index in [1.54, 1.807) is 24.3 Å². The van der Waals surface area contributed by atoms with E-state index in [1.165, 1.54) is 17.2 Å². The van der Waals surface area contributed by atoms with Crippen LogP contribution in [0.4, 0.5) is 0 Å². The predicted octanol–water partition coefficient (Wildman–Crippen LogP) is 2.17. The maximum Gasteiger partial charge on any atom is 0.338 e. The molecule has 0 saturated carbocycles. The van der Waals surface area contributed by atoms with E-state index in [9.17, 15) is 13.2 Å². The van der Waals surface area contributed by atoms with Crippen LogP contribution in [0, 0.1) is 0 Å². The van der Waals surface area contributed by atoms with Gasteiger partial charge in [-0.1, -0.05) is 30.3 Å². The number of nitrogens with zero attached hydrogens (tertiary/aromatic N) is 3. The fourth-order valence-corrected chi connectivity index (χ4v) is 3.17. The number of hydrogen-bond donors (Lipinski definition) is 0. The molecule has 0 N–H and O–H groups in total. The Morgan fingerprint density at radius 1 is 1.03 bits per heavy atom. The molecular formula is C20H23N3O6S2. The first-order chi connectivity index (χ1) is 14.4. The van der Waals surface area contributed by atoms with Crippen LogP contribution in [-0.4, -0.2) is 48.3 Å². The van der Waals surface area contributed by atoms with Gasteiger partial charge >= 0.3 is 5.97 Å². The summed E-state index contributed by atoms with van der Waals surface area (Å²) in [6.07, 6.45) is 3.11. The number of benzene rings is 2. The van der Waals surface area contributed by atoms with E-state index in [4.69, 9.17) is 13.7 Å². The second-order valence-electron chi connectivity index (χ2n) is 6.40. The normalized spacial score (nSPS) is 11.9. The van der Waals surface area contributed by atoms with Gasteiger partial charge in [0, 0.05) is 0 Å². The summed E-state index contributed by atoms with van der Waals surface area (Å²) in [6.45, 7) is 0.236. The number of rotatable bonds is 10. The number of ether oxygens (including phenoxy) is 2. The lowest BCUT2D eigenvalue weighted by Gasteiger charge is -2.16. The third kappa shape index (κ3) is 8.40. The SMILES string of the molecule is CS(=O)(=O)OC(COc1ccc(C(=O)OCc2ccccc2)cc1)Cn1nccn1.S. The maximum atomic E-state index is 12.2. The largest absolute Gasteiger partial charge is 0.491 e. The summed E-state index contributed by atoms with van der Waals surface area (Å²) in [6, 6.07) is 15.7. The lowest BCUT2D eigenvalue weighted by molar-refractivity contribution is 0.0472. The van der Waals surface area contributed by atoms with Crippen molar-refractivity contribution in [2.24, 2.45) is 0 Å². The molecule has 3 rings (SSSR count). The van der Waals surface area contributed by atoms with Crippen molar-refractivity contribution in [1.82, 2.24) is 15.0 Å². The first kappa shape index (κ1) is 24.4. The molecule has 0 aliphatic rings. The van der Waals surface area contributed by atoms with Gasteiger partial charge in [0.2, 0.25) is 0 Å². The first-order valence-corrected chi connectivity index (χ1v) is 10.9. The Morgan fingerprint density at radius 3 is 2.29 bits per heavy atom. The zero-order chi connectivity index (χ0) is 21.4. The van der Waals surface area contributed by atoms with Crippen molar-refractivity contribution in [1.29, 1.82) is 0 Å². The quantitative estimate of drug-likeness (QED) is 0.331. The Kier molecular flexibility index (Phi) is 9.03. The molecule has 0 aliphatic heterocycles. The predicted molar refractivity (Wildman–Crippen MR) is 118 cm³/mol. The number of aromatic nitrogens is 3. The third-order valence-corrected chi connectivity index (χ3v) is 4.50. The molecule has 3 aromatic rings. The van der Waals surface area contributed by atoms with Crippen molar-refractivity contribution >= 4 is 29.6 Å². The van der Waals surface area contributed by atoms with E-state index < -0.39 is 22.2 Å². The van der Waals surface area contributed by atoms with Crippen LogP contribution in [0.2, 0.25) is 0 Å². The minimum absolute atomic E-state index is 0. The molecule has 31 heavy (non-hydrogen) atoms. The summed E-state index contributed by atoms with van der Waals surface area (Å²) in [5.41, 5.74) is 1.28. The van der Waals surface area contributed by atoms with Gasteiger partial charge in [-0.15, -0.1) is 0 Å². The van der Waals surface area contributed by atoms with Crippen molar-refractivity contribution in [3.8, 4) is 5.75 Å². The summed E-state index contributed by atoms with van der Waals surface area (Å²) in [5.74, 6) is -0.00131. The molecule has 0 amide bonds. The van der Waals surface area contributed by atoms with Crippen LogP contribution < -0.4 is 4.74 Å². The number of esters is 1. The molecule has 0 spiro atoms. The summed E-state index contributed by atoms with van der Waals surface area (Å²) in [7, 11) is -3.69. The third-order valence-electron chi connectivity index (χ3n) is 3.88. The molecule has 0 radical (unpaired) electrons. The smallest absolute Gasteiger partial charge is 0.338 e. The fraction of sp³-hybridized carbons (Fsp3) is 0.250. The average molecular weight is 466 g/mol.